The van der Waals surface area contributed by atoms with E-state index in [-0.39, 0.29) is 11.4 Å². The van der Waals surface area contributed by atoms with Gasteiger partial charge in [0.05, 0.1) is 22.5 Å². The van der Waals surface area contributed by atoms with Crippen LogP contribution in [0.5, 0.6) is 0 Å². The van der Waals surface area contributed by atoms with E-state index in [4.69, 9.17) is 5.73 Å². The van der Waals surface area contributed by atoms with Crippen LogP contribution in [0.15, 0.2) is 42.5 Å². The van der Waals surface area contributed by atoms with Crippen molar-refractivity contribution in [2.75, 3.05) is 10.6 Å². The van der Waals surface area contributed by atoms with Gasteiger partial charge in [0.15, 0.2) is 0 Å². The molecule has 3 rings (SSSR count). The minimum atomic E-state index is -0.583. The van der Waals surface area contributed by atoms with Crippen molar-refractivity contribution in [2.45, 2.75) is 0 Å². The molecule has 0 saturated heterocycles. The number of halogens is 1. The predicted octanol–water partition coefficient (Wildman–Crippen LogP) is 2.21. The zero-order valence-corrected chi connectivity index (χ0v) is 9.76. The number of benzene rings is 2. The fourth-order valence-electron chi connectivity index (χ4n) is 2.09. The summed E-state index contributed by atoms with van der Waals surface area (Å²) in [6.07, 6.45) is 0. The maximum atomic E-state index is 13.1. The molecule has 5 heteroatoms. The Balaban J connectivity index is 2.11. The minimum Gasteiger partial charge on any atom is -0.396 e. The van der Waals surface area contributed by atoms with E-state index in [9.17, 15) is 14.0 Å². The van der Waals surface area contributed by atoms with E-state index < -0.39 is 17.6 Å². The first kappa shape index (κ1) is 11.4. The van der Waals surface area contributed by atoms with Gasteiger partial charge >= 0.3 is 0 Å². The monoisotopic (exact) mass is 256 g/mol. The van der Waals surface area contributed by atoms with E-state index in [0.717, 1.165) is 11.0 Å². The summed E-state index contributed by atoms with van der Waals surface area (Å²) >= 11 is 0. The number of hydrogen-bond acceptors (Lipinski definition) is 3. The maximum Gasteiger partial charge on any atom is 0.266 e. The summed E-state index contributed by atoms with van der Waals surface area (Å²) in [5, 5.41) is 0. The Morgan fingerprint density at radius 1 is 0.947 bits per heavy atom. The van der Waals surface area contributed by atoms with Crippen LogP contribution in [0.1, 0.15) is 20.7 Å². The molecule has 0 atom stereocenters. The van der Waals surface area contributed by atoms with Crippen molar-refractivity contribution in [3.05, 3.63) is 59.4 Å². The van der Waals surface area contributed by atoms with Gasteiger partial charge in [0, 0.05) is 0 Å². The first-order chi connectivity index (χ1) is 9.09. The number of imide groups is 1. The van der Waals surface area contributed by atoms with Gasteiger partial charge in [-0.25, -0.2) is 9.29 Å². The Hall–Kier alpha value is -2.69. The summed E-state index contributed by atoms with van der Waals surface area (Å²) in [6, 6.07) is 10.3. The van der Waals surface area contributed by atoms with Gasteiger partial charge in [-0.05, 0) is 30.3 Å². The molecule has 1 aliphatic rings. The second-order valence-electron chi connectivity index (χ2n) is 4.20. The Morgan fingerprint density at radius 3 is 2.05 bits per heavy atom. The van der Waals surface area contributed by atoms with Gasteiger partial charge in [-0.1, -0.05) is 12.1 Å². The summed E-state index contributed by atoms with van der Waals surface area (Å²) in [5.41, 5.74) is 6.31. The van der Waals surface area contributed by atoms with Gasteiger partial charge in [-0.3, -0.25) is 9.59 Å². The van der Waals surface area contributed by atoms with Crippen molar-refractivity contribution >= 4 is 23.2 Å². The average molecular weight is 256 g/mol. The van der Waals surface area contributed by atoms with Crippen LogP contribution in [-0.4, -0.2) is 11.8 Å². The van der Waals surface area contributed by atoms with Gasteiger partial charge in [0.25, 0.3) is 11.8 Å². The van der Waals surface area contributed by atoms with E-state index in [1.165, 1.54) is 12.1 Å². The van der Waals surface area contributed by atoms with E-state index in [2.05, 4.69) is 0 Å². The molecule has 2 aromatic carbocycles. The number of nitrogen functional groups attached to an aromatic ring is 1. The fourth-order valence-corrected chi connectivity index (χ4v) is 2.09. The average Bonchev–Trinajstić information content (AvgIpc) is 2.66. The quantitative estimate of drug-likeness (QED) is 0.628. The molecular weight excluding hydrogens is 247 g/mol. The number of amides is 2. The van der Waals surface area contributed by atoms with Gasteiger partial charge in [-0.2, -0.15) is 0 Å². The number of nitrogens with two attached hydrogens (primary N) is 1. The van der Waals surface area contributed by atoms with Gasteiger partial charge < -0.3 is 5.73 Å². The number of fused-ring (bicyclic) bond motifs is 1. The van der Waals surface area contributed by atoms with Crippen LogP contribution in [0.2, 0.25) is 0 Å². The lowest BCUT2D eigenvalue weighted by molar-refractivity contribution is 0.0926. The van der Waals surface area contributed by atoms with Crippen LogP contribution in [0.4, 0.5) is 15.8 Å². The molecule has 1 aliphatic heterocycles. The highest BCUT2D eigenvalue weighted by atomic mass is 19.1. The SMILES string of the molecule is Nc1cc(N2C(=O)c3ccccc3C2=O)ccc1F. The van der Waals surface area contributed by atoms with E-state index in [1.807, 2.05) is 0 Å². The van der Waals surface area contributed by atoms with E-state index >= 15 is 0 Å². The van der Waals surface area contributed by atoms with Crippen LogP contribution >= 0.6 is 0 Å². The van der Waals surface area contributed by atoms with Crippen LogP contribution in [0.3, 0.4) is 0 Å². The molecule has 0 aromatic heterocycles. The summed E-state index contributed by atoms with van der Waals surface area (Å²) in [4.78, 5) is 25.3. The number of anilines is 2. The number of hydrogen-bond donors (Lipinski definition) is 1. The molecule has 0 fully saturated rings. The lowest BCUT2D eigenvalue weighted by Crippen LogP contribution is -2.29. The Kier molecular flexibility index (Phi) is 2.35. The summed E-state index contributed by atoms with van der Waals surface area (Å²) in [5.74, 6) is -1.43. The van der Waals surface area contributed by atoms with Crippen molar-refractivity contribution in [1.82, 2.24) is 0 Å². The topological polar surface area (TPSA) is 63.4 Å². The third-order valence-corrected chi connectivity index (χ3v) is 3.03. The molecular formula is C14H9FN2O2. The van der Waals surface area contributed by atoms with Gasteiger partial charge in [0.2, 0.25) is 0 Å². The Morgan fingerprint density at radius 2 is 1.53 bits per heavy atom. The molecule has 2 amide bonds. The molecule has 1 heterocycles. The first-order valence-corrected chi connectivity index (χ1v) is 5.62. The van der Waals surface area contributed by atoms with Crippen LogP contribution in [-0.2, 0) is 0 Å². The standard InChI is InChI=1S/C14H9FN2O2/c15-11-6-5-8(7-12(11)16)17-13(18)9-3-1-2-4-10(9)14(17)19/h1-7H,16H2. The smallest absolute Gasteiger partial charge is 0.266 e. The molecule has 19 heavy (non-hydrogen) atoms. The van der Waals surface area contributed by atoms with Crippen LogP contribution in [0.25, 0.3) is 0 Å². The van der Waals surface area contributed by atoms with Crippen molar-refractivity contribution in [3.63, 3.8) is 0 Å². The largest absolute Gasteiger partial charge is 0.396 e. The zero-order valence-electron chi connectivity index (χ0n) is 9.76. The van der Waals surface area contributed by atoms with Crippen LogP contribution in [0, 0.1) is 5.82 Å². The molecule has 0 saturated carbocycles. The summed E-state index contributed by atoms with van der Waals surface area (Å²) in [7, 11) is 0. The highest BCUT2D eigenvalue weighted by Crippen LogP contribution is 2.29. The molecule has 94 valence electrons. The summed E-state index contributed by atoms with van der Waals surface area (Å²) in [6.45, 7) is 0. The van der Waals surface area contributed by atoms with Crippen molar-refractivity contribution < 1.29 is 14.0 Å². The van der Waals surface area contributed by atoms with Gasteiger partial charge in [0.1, 0.15) is 5.82 Å². The molecule has 2 aromatic rings. The number of nitrogens with zero attached hydrogens (tertiary/aromatic N) is 1. The molecule has 0 bridgehead atoms. The third kappa shape index (κ3) is 1.59. The predicted molar refractivity (Wildman–Crippen MR) is 68.4 cm³/mol. The normalized spacial score (nSPS) is 13.8. The molecule has 0 radical (unpaired) electrons. The van der Waals surface area contributed by atoms with Gasteiger partial charge in [-0.15, -0.1) is 0 Å². The first-order valence-electron chi connectivity index (χ1n) is 5.62. The number of rotatable bonds is 1. The van der Waals surface area contributed by atoms with E-state index in [0.29, 0.717) is 11.1 Å². The summed E-state index contributed by atoms with van der Waals surface area (Å²) < 4.78 is 13.1. The Labute approximate surface area is 108 Å². The molecule has 2 N–H and O–H groups in total. The third-order valence-electron chi connectivity index (χ3n) is 3.03. The Bertz CT molecular complexity index is 677. The molecule has 4 nitrogen and oxygen atoms in total. The number of carbonyl (C=O) groups is 2. The lowest BCUT2D eigenvalue weighted by atomic mass is 10.1. The molecule has 0 aliphatic carbocycles. The highest BCUT2D eigenvalue weighted by Gasteiger charge is 2.36. The van der Waals surface area contributed by atoms with Crippen molar-refractivity contribution in [1.29, 1.82) is 0 Å². The second-order valence-corrected chi connectivity index (χ2v) is 4.20. The number of carbonyl (C=O) groups excluding carboxylic acids is 2. The van der Waals surface area contributed by atoms with Crippen LogP contribution < -0.4 is 10.6 Å². The highest BCUT2D eigenvalue weighted by molar-refractivity contribution is 6.34. The van der Waals surface area contributed by atoms with E-state index in [1.54, 1.807) is 24.3 Å². The zero-order chi connectivity index (χ0) is 13.6. The molecule has 0 unspecified atom stereocenters. The minimum absolute atomic E-state index is 0.103. The molecule has 0 spiro atoms. The lowest BCUT2D eigenvalue weighted by Gasteiger charge is -2.14. The fraction of sp³-hybridized carbons (Fsp3) is 0. The second kappa shape index (κ2) is 3.91. The van der Waals surface area contributed by atoms with Crippen molar-refractivity contribution in [2.24, 2.45) is 0 Å². The van der Waals surface area contributed by atoms with Crippen molar-refractivity contribution in [3.8, 4) is 0 Å². The maximum absolute atomic E-state index is 13.1.